The topological polar surface area (TPSA) is 56.3 Å². The smallest absolute Gasteiger partial charge is 0.224 e. The van der Waals surface area contributed by atoms with E-state index in [9.17, 15) is 0 Å². The third kappa shape index (κ3) is 5.08. The van der Waals surface area contributed by atoms with E-state index >= 15 is 0 Å². The summed E-state index contributed by atoms with van der Waals surface area (Å²) in [6, 6.07) is 10.6. The second-order valence-corrected chi connectivity index (χ2v) is 7.46. The molecule has 1 aromatic heterocycles. The molecule has 0 spiro atoms. The van der Waals surface area contributed by atoms with Crippen molar-refractivity contribution in [3.63, 3.8) is 0 Å². The van der Waals surface area contributed by atoms with Gasteiger partial charge in [-0.3, -0.25) is 0 Å². The van der Waals surface area contributed by atoms with Crippen molar-refractivity contribution in [3.05, 3.63) is 36.0 Å². The minimum absolute atomic E-state index is 0.553. The molecule has 0 bridgehead atoms. The van der Waals surface area contributed by atoms with Crippen LogP contribution in [0.2, 0.25) is 0 Å². The third-order valence-electron chi connectivity index (χ3n) is 4.53. The summed E-state index contributed by atoms with van der Waals surface area (Å²) in [6.45, 7) is 11.6. The number of anilines is 4. The van der Waals surface area contributed by atoms with E-state index in [1.165, 1.54) is 5.69 Å². The fourth-order valence-corrected chi connectivity index (χ4v) is 2.98. The Bertz CT molecular complexity index is 705. The molecule has 1 aromatic carbocycles. The van der Waals surface area contributed by atoms with Gasteiger partial charge in [-0.15, -0.1) is 0 Å². The van der Waals surface area contributed by atoms with Gasteiger partial charge in [0, 0.05) is 55.9 Å². The molecule has 0 atom stereocenters. The van der Waals surface area contributed by atoms with Crippen molar-refractivity contribution in [2.45, 2.75) is 20.8 Å². The first-order valence-corrected chi connectivity index (χ1v) is 9.40. The molecule has 2 heterocycles. The Morgan fingerprint density at radius 2 is 1.73 bits per heavy atom. The van der Waals surface area contributed by atoms with E-state index in [0.717, 1.165) is 49.9 Å². The zero-order chi connectivity index (χ0) is 18.5. The first-order valence-electron chi connectivity index (χ1n) is 9.40. The molecule has 0 aliphatic carbocycles. The summed E-state index contributed by atoms with van der Waals surface area (Å²) in [5.74, 6) is 2.05. The van der Waals surface area contributed by atoms with E-state index in [1.807, 2.05) is 13.0 Å². The lowest BCUT2D eigenvalue weighted by Gasteiger charge is -2.34. The second kappa shape index (κ2) is 8.36. The average molecular weight is 355 g/mol. The number of benzene rings is 1. The molecule has 2 N–H and O–H groups in total. The molecule has 6 nitrogen and oxygen atoms in total. The van der Waals surface area contributed by atoms with Crippen LogP contribution in [0.25, 0.3) is 0 Å². The number of hydrogen-bond donors (Lipinski definition) is 2. The Morgan fingerprint density at radius 1 is 1.04 bits per heavy atom. The van der Waals surface area contributed by atoms with Gasteiger partial charge in [0.1, 0.15) is 5.82 Å². The fourth-order valence-electron chi connectivity index (χ4n) is 2.98. The number of piperazine rings is 1. The largest absolute Gasteiger partial charge is 0.369 e. The first-order chi connectivity index (χ1) is 12.5. The number of aromatic nitrogens is 2. The lowest BCUT2D eigenvalue weighted by atomic mass is 10.2. The predicted octanol–water partition coefficient (Wildman–Crippen LogP) is 3.35. The molecular weight excluding hydrogens is 324 g/mol. The summed E-state index contributed by atoms with van der Waals surface area (Å²) in [4.78, 5) is 13.8. The maximum absolute atomic E-state index is 4.57. The molecule has 6 heteroatoms. The predicted molar refractivity (Wildman–Crippen MR) is 110 cm³/mol. The van der Waals surface area contributed by atoms with Crippen molar-refractivity contribution in [1.82, 2.24) is 14.9 Å². The van der Waals surface area contributed by atoms with Crippen molar-refractivity contribution >= 4 is 23.1 Å². The van der Waals surface area contributed by atoms with Crippen LogP contribution >= 0.6 is 0 Å². The molecule has 0 unspecified atom stereocenters. The highest BCUT2D eigenvalue weighted by molar-refractivity contribution is 5.61. The van der Waals surface area contributed by atoms with Crippen molar-refractivity contribution < 1.29 is 0 Å². The van der Waals surface area contributed by atoms with Crippen molar-refractivity contribution in [2.75, 3.05) is 55.3 Å². The monoisotopic (exact) mass is 354 g/mol. The molecular formula is C20H30N6. The van der Waals surface area contributed by atoms with E-state index in [2.05, 4.69) is 75.6 Å². The number of likely N-dealkylation sites (N-methyl/N-ethyl adjacent to an activating group) is 1. The molecule has 3 rings (SSSR count). The molecule has 0 radical (unpaired) electrons. The molecule has 1 aliphatic heterocycles. The molecule has 1 fully saturated rings. The van der Waals surface area contributed by atoms with Gasteiger partial charge in [-0.2, -0.15) is 4.98 Å². The number of hydrogen-bond acceptors (Lipinski definition) is 6. The minimum Gasteiger partial charge on any atom is -0.369 e. The summed E-state index contributed by atoms with van der Waals surface area (Å²) in [5.41, 5.74) is 3.26. The van der Waals surface area contributed by atoms with Crippen molar-refractivity contribution in [3.8, 4) is 0 Å². The van der Waals surface area contributed by atoms with Crippen LogP contribution in [0, 0.1) is 12.8 Å². The van der Waals surface area contributed by atoms with Gasteiger partial charge in [-0.1, -0.05) is 13.8 Å². The number of nitrogens with zero attached hydrogens (tertiary/aromatic N) is 4. The highest BCUT2D eigenvalue weighted by Gasteiger charge is 2.14. The molecule has 140 valence electrons. The molecule has 0 saturated carbocycles. The van der Waals surface area contributed by atoms with Gasteiger partial charge < -0.3 is 20.4 Å². The quantitative estimate of drug-likeness (QED) is 0.830. The molecule has 1 saturated heterocycles. The zero-order valence-electron chi connectivity index (χ0n) is 16.3. The lowest BCUT2D eigenvalue weighted by molar-refractivity contribution is 0.313. The Hall–Kier alpha value is -2.34. The van der Waals surface area contributed by atoms with E-state index in [4.69, 9.17) is 0 Å². The zero-order valence-corrected chi connectivity index (χ0v) is 16.3. The fraction of sp³-hybridized carbons (Fsp3) is 0.500. The van der Waals surface area contributed by atoms with E-state index in [1.54, 1.807) is 0 Å². The van der Waals surface area contributed by atoms with Crippen LogP contribution in [-0.4, -0.2) is 54.6 Å². The van der Waals surface area contributed by atoms with Gasteiger partial charge in [0.15, 0.2) is 0 Å². The first kappa shape index (κ1) is 18.5. The van der Waals surface area contributed by atoms with Crippen molar-refractivity contribution in [2.24, 2.45) is 5.92 Å². The van der Waals surface area contributed by atoms with Gasteiger partial charge >= 0.3 is 0 Å². The third-order valence-corrected chi connectivity index (χ3v) is 4.53. The molecule has 2 aromatic rings. The summed E-state index contributed by atoms with van der Waals surface area (Å²) >= 11 is 0. The van der Waals surface area contributed by atoms with Crippen LogP contribution in [0.4, 0.5) is 23.1 Å². The van der Waals surface area contributed by atoms with Crippen LogP contribution in [0.1, 0.15) is 19.5 Å². The Morgan fingerprint density at radius 3 is 2.38 bits per heavy atom. The van der Waals surface area contributed by atoms with Gasteiger partial charge in [-0.25, -0.2) is 4.98 Å². The van der Waals surface area contributed by atoms with E-state index in [-0.39, 0.29) is 0 Å². The highest BCUT2D eigenvalue weighted by atomic mass is 15.2. The van der Waals surface area contributed by atoms with Gasteiger partial charge in [0.05, 0.1) is 0 Å². The summed E-state index contributed by atoms with van der Waals surface area (Å²) in [6.07, 6.45) is 0. The number of nitrogens with one attached hydrogen (secondary N) is 2. The maximum atomic E-state index is 4.57. The Balaban J connectivity index is 1.65. The van der Waals surface area contributed by atoms with Crippen LogP contribution in [0.15, 0.2) is 30.3 Å². The maximum Gasteiger partial charge on any atom is 0.224 e. The van der Waals surface area contributed by atoms with Gasteiger partial charge in [-0.05, 0) is 44.2 Å². The number of rotatable bonds is 6. The standard InChI is InChI=1S/C20H30N6/c1-15(2)14-21-20-22-16(3)13-19(24-20)23-17-5-7-18(8-6-17)26-11-9-25(4)10-12-26/h5-8,13,15H,9-12,14H2,1-4H3,(H2,21,22,23,24). The Kier molecular flexibility index (Phi) is 5.93. The summed E-state index contributed by atoms with van der Waals surface area (Å²) < 4.78 is 0. The van der Waals surface area contributed by atoms with Crippen molar-refractivity contribution in [1.29, 1.82) is 0 Å². The van der Waals surface area contributed by atoms with E-state index < -0.39 is 0 Å². The van der Waals surface area contributed by atoms with Gasteiger partial charge in [0.2, 0.25) is 5.95 Å². The Labute approximate surface area is 156 Å². The van der Waals surface area contributed by atoms with Crippen LogP contribution in [-0.2, 0) is 0 Å². The van der Waals surface area contributed by atoms with Crippen LogP contribution in [0.5, 0.6) is 0 Å². The summed E-state index contributed by atoms with van der Waals surface area (Å²) in [5, 5.41) is 6.69. The molecule has 1 aliphatic rings. The lowest BCUT2D eigenvalue weighted by Crippen LogP contribution is -2.44. The average Bonchev–Trinajstić information content (AvgIpc) is 2.61. The SMILES string of the molecule is Cc1cc(Nc2ccc(N3CCN(C)CC3)cc2)nc(NCC(C)C)n1. The second-order valence-electron chi connectivity index (χ2n) is 7.46. The number of aryl methyl sites for hydroxylation is 1. The normalized spacial score (nSPS) is 15.3. The highest BCUT2D eigenvalue weighted by Crippen LogP contribution is 2.22. The van der Waals surface area contributed by atoms with E-state index in [0.29, 0.717) is 11.9 Å². The van der Waals surface area contributed by atoms with Crippen LogP contribution < -0.4 is 15.5 Å². The summed E-state index contributed by atoms with van der Waals surface area (Å²) in [7, 11) is 2.18. The van der Waals surface area contributed by atoms with Gasteiger partial charge in [0.25, 0.3) is 0 Å². The van der Waals surface area contributed by atoms with Crippen LogP contribution in [0.3, 0.4) is 0 Å². The minimum atomic E-state index is 0.553. The molecule has 26 heavy (non-hydrogen) atoms. The molecule has 0 amide bonds.